The fourth-order valence-electron chi connectivity index (χ4n) is 6.60. The maximum Gasteiger partial charge on any atom is 0.241 e. The van der Waals surface area contributed by atoms with Gasteiger partial charge in [-0.05, 0) is 55.6 Å². The highest BCUT2D eigenvalue weighted by Crippen LogP contribution is 2.54. The predicted octanol–water partition coefficient (Wildman–Crippen LogP) is 2.74. The first-order chi connectivity index (χ1) is 16.8. The van der Waals surface area contributed by atoms with Crippen molar-refractivity contribution in [1.29, 1.82) is 0 Å². The lowest BCUT2D eigenvalue weighted by atomic mass is 9.74. The Bertz CT molecular complexity index is 1200. The molecule has 8 nitrogen and oxygen atoms in total. The van der Waals surface area contributed by atoms with Crippen LogP contribution in [0.4, 0.5) is 0 Å². The molecule has 3 heterocycles. The van der Waals surface area contributed by atoms with E-state index in [1.165, 1.54) is 0 Å². The summed E-state index contributed by atoms with van der Waals surface area (Å²) in [4.78, 5) is 18.1. The number of aliphatic hydroxyl groups excluding tert-OH is 1. The highest BCUT2D eigenvalue weighted by molar-refractivity contribution is 5.86. The summed E-state index contributed by atoms with van der Waals surface area (Å²) in [5, 5.41) is 10.6. The number of carbonyl (C=O) groups is 1. The second-order valence-corrected chi connectivity index (χ2v) is 9.68. The number of piperazine rings is 1. The lowest BCUT2D eigenvalue weighted by molar-refractivity contribution is -0.158. The number of hydrogen-bond acceptors (Lipinski definition) is 7. The fraction of sp³-hybridized carbons (Fsp3) is 0.519. The molecule has 3 aliphatic heterocycles. The Kier molecular flexibility index (Phi) is 5.84. The molecular weight excluding hydrogens is 448 g/mol. The maximum absolute atomic E-state index is 14.0. The third kappa shape index (κ3) is 3.16. The normalized spacial score (nSPS) is 24.9. The van der Waals surface area contributed by atoms with Crippen LogP contribution < -0.4 is 18.9 Å². The topological polar surface area (TPSA) is 80.7 Å². The van der Waals surface area contributed by atoms with Crippen LogP contribution >= 0.6 is 0 Å². The number of likely N-dealkylation sites (N-methyl/N-ethyl adjacent to an activating group) is 1. The van der Waals surface area contributed by atoms with Crippen molar-refractivity contribution in [3.05, 3.63) is 45.5 Å². The van der Waals surface area contributed by atoms with Gasteiger partial charge < -0.3 is 29.0 Å². The van der Waals surface area contributed by atoms with Crippen LogP contribution in [0.15, 0.2) is 12.1 Å². The van der Waals surface area contributed by atoms with Crippen molar-refractivity contribution in [3.8, 4) is 23.0 Å². The summed E-state index contributed by atoms with van der Waals surface area (Å²) in [5.74, 6) is 2.54. The monoisotopic (exact) mass is 482 g/mol. The number of methoxy groups -OCH3 is 4. The van der Waals surface area contributed by atoms with E-state index in [4.69, 9.17) is 18.9 Å². The minimum atomic E-state index is -0.465. The Morgan fingerprint density at radius 3 is 2.26 bits per heavy atom. The van der Waals surface area contributed by atoms with Crippen LogP contribution in [0.5, 0.6) is 23.0 Å². The molecule has 0 unspecified atom stereocenters. The van der Waals surface area contributed by atoms with E-state index >= 15 is 0 Å². The Morgan fingerprint density at radius 1 is 0.971 bits per heavy atom. The van der Waals surface area contributed by atoms with Crippen LogP contribution in [0.3, 0.4) is 0 Å². The minimum Gasteiger partial charge on any atom is -0.496 e. The average molecular weight is 483 g/mol. The molecule has 4 atom stereocenters. The Morgan fingerprint density at radius 2 is 1.66 bits per heavy atom. The molecule has 0 aliphatic carbocycles. The van der Waals surface area contributed by atoms with Crippen molar-refractivity contribution in [2.75, 3.05) is 42.1 Å². The molecule has 0 aromatic heterocycles. The molecule has 0 spiro atoms. The van der Waals surface area contributed by atoms with Gasteiger partial charge in [-0.3, -0.25) is 9.69 Å². The third-order valence-corrected chi connectivity index (χ3v) is 8.26. The molecule has 2 bridgehead atoms. The van der Waals surface area contributed by atoms with Crippen molar-refractivity contribution < 1.29 is 28.8 Å². The number of hydrogen-bond donors (Lipinski definition) is 1. The van der Waals surface area contributed by atoms with Crippen LogP contribution in [-0.4, -0.2) is 75.0 Å². The second kappa shape index (κ2) is 8.60. The first-order valence-electron chi connectivity index (χ1n) is 12.0. The molecule has 0 radical (unpaired) electrons. The molecule has 1 saturated heterocycles. The summed E-state index contributed by atoms with van der Waals surface area (Å²) in [6, 6.07) is 3.11. The van der Waals surface area contributed by atoms with E-state index in [0.717, 1.165) is 39.1 Å². The first kappa shape index (κ1) is 23.8. The molecular formula is C27H34N2O6. The quantitative estimate of drug-likeness (QED) is 0.702. The van der Waals surface area contributed by atoms with E-state index < -0.39 is 6.04 Å². The van der Waals surface area contributed by atoms with Crippen molar-refractivity contribution in [3.63, 3.8) is 0 Å². The molecule has 188 valence electrons. The van der Waals surface area contributed by atoms with Crippen molar-refractivity contribution >= 4 is 5.91 Å². The number of nitrogens with zero attached hydrogens (tertiary/aromatic N) is 2. The van der Waals surface area contributed by atoms with Gasteiger partial charge in [-0.15, -0.1) is 0 Å². The molecule has 1 N–H and O–H groups in total. The van der Waals surface area contributed by atoms with Crippen molar-refractivity contribution in [1.82, 2.24) is 9.80 Å². The van der Waals surface area contributed by atoms with E-state index in [2.05, 4.69) is 17.9 Å². The Labute approximate surface area is 206 Å². The van der Waals surface area contributed by atoms with E-state index in [-0.39, 0.29) is 30.6 Å². The summed E-state index contributed by atoms with van der Waals surface area (Å²) >= 11 is 0. The van der Waals surface area contributed by atoms with Gasteiger partial charge in [0.2, 0.25) is 11.7 Å². The van der Waals surface area contributed by atoms with Gasteiger partial charge in [-0.1, -0.05) is 6.07 Å². The van der Waals surface area contributed by atoms with Crippen LogP contribution in [-0.2, 0) is 17.6 Å². The van der Waals surface area contributed by atoms with Crippen LogP contribution in [0.1, 0.15) is 45.5 Å². The molecule has 2 aromatic carbocycles. The number of aliphatic hydroxyl groups is 1. The summed E-state index contributed by atoms with van der Waals surface area (Å²) in [6.45, 7) is 3.93. The van der Waals surface area contributed by atoms with Gasteiger partial charge in [0.05, 0.1) is 59.2 Å². The Hall–Kier alpha value is -2.97. The largest absolute Gasteiger partial charge is 0.496 e. The maximum atomic E-state index is 14.0. The third-order valence-electron chi connectivity index (χ3n) is 8.26. The zero-order valence-corrected chi connectivity index (χ0v) is 21.5. The van der Waals surface area contributed by atoms with Gasteiger partial charge in [-0.25, -0.2) is 0 Å². The lowest BCUT2D eigenvalue weighted by Gasteiger charge is -2.57. The van der Waals surface area contributed by atoms with Crippen LogP contribution in [0.2, 0.25) is 0 Å². The van der Waals surface area contributed by atoms with Gasteiger partial charge in [0.25, 0.3) is 0 Å². The number of aryl methyl sites for hydroxylation is 1. The smallest absolute Gasteiger partial charge is 0.241 e. The zero-order valence-electron chi connectivity index (χ0n) is 21.5. The van der Waals surface area contributed by atoms with Crippen molar-refractivity contribution in [2.24, 2.45) is 0 Å². The van der Waals surface area contributed by atoms with Crippen LogP contribution in [0, 0.1) is 13.8 Å². The number of benzene rings is 2. The standard InChI is InChI=1S/C27H34N2O6/c1-13-8-15-9-18-23-16-11-21(32-4)26(35-7)25(34-6)17(16)10-19(28(23)3)27(31)29(18)20(12-30)22(15)24(33-5)14(13)2/h8,11,18-20,23,30H,9-10,12H2,1-7H3/t18-,19-,20-,23+/m0/s1. The summed E-state index contributed by atoms with van der Waals surface area (Å²) in [7, 11) is 8.51. The molecule has 1 fully saturated rings. The van der Waals surface area contributed by atoms with Gasteiger partial charge >= 0.3 is 0 Å². The lowest BCUT2D eigenvalue weighted by Crippen LogP contribution is -2.66. The summed E-state index contributed by atoms with van der Waals surface area (Å²) in [5.41, 5.74) is 6.26. The van der Waals surface area contributed by atoms with E-state index in [0.29, 0.717) is 30.1 Å². The van der Waals surface area contributed by atoms with E-state index in [1.807, 2.05) is 24.9 Å². The molecule has 2 aromatic rings. The van der Waals surface area contributed by atoms with E-state index in [9.17, 15) is 9.90 Å². The molecule has 3 aliphatic rings. The minimum absolute atomic E-state index is 0.0150. The molecule has 35 heavy (non-hydrogen) atoms. The Balaban J connectivity index is 1.74. The molecule has 0 saturated carbocycles. The summed E-state index contributed by atoms with van der Waals surface area (Å²) < 4.78 is 22.9. The van der Waals surface area contributed by atoms with Gasteiger partial charge in [0.1, 0.15) is 5.75 Å². The van der Waals surface area contributed by atoms with Crippen molar-refractivity contribution in [2.45, 2.75) is 50.9 Å². The number of fused-ring (bicyclic) bond motifs is 7. The summed E-state index contributed by atoms with van der Waals surface area (Å²) in [6.07, 6.45) is 1.15. The van der Waals surface area contributed by atoms with Gasteiger partial charge in [-0.2, -0.15) is 0 Å². The second-order valence-electron chi connectivity index (χ2n) is 9.68. The predicted molar refractivity (Wildman–Crippen MR) is 131 cm³/mol. The van der Waals surface area contributed by atoms with E-state index in [1.54, 1.807) is 28.4 Å². The molecule has 8 heteroatoms. The average Bonchev–Trinajstić information content (AvgIpc) is 2.85. The first-order valence-corrected chi connectivity index (χ1v) is 12.0. The highest BCUT2D eigenvalue weighted by Gasteiger charge is 2.54. The number of rotatable bonds is 5. The fourth-order valence-corrected chi connectivity index (χ4v) is 6.60. The zero-order chi connectivity index (χ0) is 25.2. The highest BCUT2D eigenvalue weighted by atomic mass is 16.5. The SMILES string of the molecule is COc1cc2c(c(OC)c1OC)C[C@H]1C(=O)N3[C@@H](CO)c4c(cc(C)c(C)c4OC)C[C@H]3[C@@H]2N1C. The number of ether oxygens (including phenoxy) is 4. The number of amides is 1. The number of carbonyl (C=O) groups excluding carboxylic acids is 1. The molecule has 1 amide bonds. The van der Waals surface area contributed by atoms with Gasteiger partial charge in [0.15, 0.2) is 11.5 Å². The van der Waals surface area contributed by atoms with Gasteiger partial charge in [0, 0.05) is 17.5 Å². The molecule has 5 rings (SSSR count). The van der Waals surface area contributed by atoms with Crippen LogP contribution in [0.25, 0.3) is 0 Å².